The summed E-state index contributed by atoms with van der Waals surface area (Å²) in [6, 6.07) is 11.3. The molecule has 1 aliphatic heterocycles. The van der Waals surface area contributed by atoms with Crippen LogP contribution in [0.15, 0.2) is 42.5 Å². The van der Waals surface area contributed by atoms with Crippen LogP contribution in [0.25, 0.3) is 0 Å². The quantitative estimate of drug-likeness (QED) is 0.630. The third-order valence-corrected chi connectivity index (χ3v) is 3.84. The average molecular weight is 355 g/mol. The van der Waals surface area contributed by atoms with Gasteiger partial charge in [0.25, 0.3) is 5.91 Å². The van der Waals surface area contributed by atoms with Crippen molar-refractivity contribution in [3.8, 4) is 11.5 Å². The van der Waals surface area contributed by atoms with Crippen molar-refractivity contribution in [1.29, 1.82) is 0 Å². The molecule has 1 heterocycles. The second kappa shape index (κ2) is 7.69. The van der Waals surface area contributed by atoms with Crippen molar-refractivity contribution in [2.24, 2.45) is 0 Å². The third-order valence-electron chi connectivity index (χ3n) is 3.84. The van der Waals surface area contributed by atoms with Crippen molar-refractivity contribution in [2.75, 3.05) is 6.79 Å². The van der Waals surface area contributed by atoms with E-state index in [1.807, 2.05) is 6.07 Å². The average Bonchev–Trinajstić information content (AvgIpc) is 3.13. The van der Waals surface area contributed by atoms with E-state index in [9.17, 15) is 14.4 Å². The maximum atomic E-state index is 12.1. The highest BCUT2D eigenvalue weighted by Crippen LogP contribution is 2.32. The van der Waals surface area contributed by atoms with Gasteiger partial charge in [0, 0.05) is 12.1 Å². The summed E-state index contributed by atoms with van der Waals surface area (Å²) in [6.45, 7) is 1.95. The topological polar surface area (TPSA) is 90.9 Å². The molecule has 0 saturated carbocycles. The number of hydrogen-bond acceptors (Lipinski definition) is 6. The molecule has 0 fully saturated rings. The SMILES string of the molecule is C[C@H](OC(=O)c1ccc(C=O)cc1)C(=O)NCc1ccc2c(c1)OCO2. The Labute approximate surface area is 149 Å². The number of nitrogens with one attached hydrogen (secondary N) is 1. The molecule has 1 aliphatic rings. The first-order valence-corrected chi connectivity index (χ1v) is 7.99. The van der Waals surface area contributed by atoms with Gasteiger partial charge in [-0.3, -0.25) is 9.59 Å². The van der Waals surface area contributed by atoms with E-state index in [4.69, 9.17) is 14.2 Å². The Hall–Kier alpha value is -3.35. The Morgan fingerprint density at radius 1 is 1.15 bits per heavy atom. The zero-order chi connectivity index (χ0) is 18.5. The van der Waals surface area contributed by atoms with Crippen LogP contribution in [0.5, 0.6) is 11.5 Å². The molecule has 3 rings (SSSR count). The first-order chi connectivity index (χ1) is 12.6. The number of carbonyl (C=O) groups excluding carboxylic acids is 3. The number of fused-ring (bicyclic) bond motifs is 1. The molecular weight excluding hydrogens is 338 g/mol. The largest absolute Gasteiger partial charge is 0.454 e. The van der Waals surface area contributed by atoms with Crippen molar-refractivity contribution in [1.82, 2.24) is 5.32 Å². The Balaban J connectivity index is 1.52. The predicted molar refractivity (Wildman–Crippen MR) is 91.1 cm³/mol. The summed E-state index contributed by atoms with van der Waals surface area (Å²) in [4.78, 5) is 34.8. The molecule has 0 spiro atoms. The number of aldehydes is 1. The Morgan fingerprint density at radius 2 is 1.88 bits per heavy atom. The van der Waals surface area contributed by atoms with Crippen LogP contribution in [0.2, 0.25) is 0 Å². The van der Waals surface area contributed by atoms with Crippen LogP contribution in [0.4, 0.5) is 0 Å². The van der Waals surface area contributed by atoms with Crippen molar-refractivity contribution < 1.29 is 28.6 Å². The Morgan fingerprint density at radius 3 is 2.62 bits per heavy atom. The van der Waals surface area contributed by atoms with Crippen LogP contribution in [0.3, 0.4) is 0 Å². The fraction of sp³-hybridized carbons (Fsp3) is 0.211. The van der Waals surface area contributed by atoms with E-state index in [0.29, 0.717) is 23.3 Å². The maximum Gasteiger partial charge on any atom is 0.338 e. The lowest BCUT2D eigenvalue weighted by Crippen LogP contribution is -2.35. The van der Waals surface area contributed by atoms with Gasteiger partial charge in [-0.15, -0.1) is 0 Å². The van der Waals surface area contributed by atoms with E-state index in [0.717, 1.165) is 5.56 Å². The first-order valence-electron chi connectivity index (χ1n) is 7.99. The number of hydrogen-bond donors (Lipinski definition) is 1. The van der Waals surface area contributed by atoms with Crippen LogP contribution in [0.1, 0.15) is 33.2 Å². The predicted octanol–water partition coefficient (Wildman–Crippen LogP) is 2.09. The third kappa shape index (κ3) is 4.00. The molecule has 2 aromatic carbocycles. The number of benzene rings is 2. The summed E-state index contributed by atoms with van der Waals surface area (Å²) < 4.78 is 15.7. The summed E-state index contributed by atoms with van der Waals surface area (Å²) in [5.74, 6) is 0.256. The molecule has 2 aromatic rings. The molecule has 1 atom stereocenters. The Bertz CT molecular complexity index is 830. The van der Waals surface area contributed by atoms with Crippen LogP contribution in [0, 0.1) is 0 Å². The minimum atomic E-state index is -0.956. The highest BCUT2D eigenvalue weighted by molar-refractivity contribution is 5.92. The molecule has 0 unspecified atom stereocenters. The van der Waals surface area contributed by atoms with Gasteiger partial charge in [0.1, 0.15) is 6.29 Å². The zero-order valence-electron chi connectivity index (χ0n) is 14.1. The monoisotopic (exact) mass is 355 g/mol. The molecule has 1 amide bonds. The molecule has 7 heteroatoms. The highest BCUT2D eigenvalue weighted by atomic mass is 16.7. The molecule has 0 aromatic heterocycles. The van der Waals surface area contributed by atoms with E-state index in [-0.39, 0.29) is 18.9 Å². The smallest absolute Gasteiger partial charge is 0.338 e. The van der Waals surface area contributed by atoms with Gasteiger partial charge in [-0.2, -0.15) is 0 Å². The van der Waals surface area contributed by atoms with Crippen molar-refractivity contribution in [3.05, 3.63) is 59.2 Å². The van der Waals surface area contributed by atoms with Gasteiger partial charge in [-0.05, 0) is 36.8 Å². The summed E-state index contributed by atoms with van der Waals surface area (Å²) in [6.07, 6.45) is -0.274. The molecule has 0 bridgehead atoms. The lowest BCUT2D eigenvalue weighted by Gasteiger charge is -2.14. The van der Waals surface area contributed by atoms with Crippen LogP contribution < -0.4 is 14.8 Å². The lowest BCUT2D eigenvalue weighted by molar-refractivity contribution is -0.129. The van der Waals surface area contributed by atoms with Gasteiger partial charge in [0.2, 0.25) is 6.79 Å². The van der Waals surface area contributed by atoms with Crippen LogP contribution >= 0.6 is 0 Å². The fourth-order valence-electron chi connectivity index (χ4n) is 2.36. The normalized spacial score (nSPS) is 13.0. The summed E-state index contributed by atoms with van der Waals surface area (Å²) in [7, 11) is 0. The second-order valence-corrected chi connectivity index (χ2v) is 5.69. The number of rotatable bonds is 6. The highest BCUT2D eigenvalue weighted by Gasteiger charge is 2.19. The van der Waals surface area contributed by atoms with Crippen molar-refractivity contribution in [3.63, 3.8) is 0 Å². The molecule has 0 aliphatic carbocycles. The van der Waals surface area contributed by atoms with E-state index in [2.05, 4.69) is 5.32 Å². The van der Waals surface area contributed by atoms with Crippen molar-refractivity contribution in [2.45, 2.75) is 19.6 Å². The van der Waals surface area contributed by atoms with E-state index in [1.54, 1.807) is 12.1 Å². The summed E-state index contributed by atoms with van der Waals surface area (Å²) in [5, 5.41) is 2.71. The van der Waals surface area contributed by atoms with Gasteiger partial charge in [-0.25, -0.2) is 4.79 Å². The van der Waals surface area contributed by atoms with E-state index in [1.165, 1.54) is 31.2 Å². The second-order valence-electron chi connectivity index (χ2n) is 5.69. The molecule has 7 nitrogen and oxygen atoms in total. The van der Waals surface area contributed by atoms with Crippen LogP contribution in [-0.4, -0.2) is 31.1 Å². The fourth-order valence-corrected chi connectivity index (χ4v) is 2.36. The van der Waals surface area contributed by atoms with Gasteiger partial charge >= 0.3 is 5.97 Å². The van der Waals surface area contributed by atoms with Gasteiger partial charge < -0.3 is 19.5 Å². The van der Waals surface area contributed by atoms with Crippen LogP contribution in [-0.2, 0) is 16.1 Å². The maximum absolute atomic E-state index is 12.1. The molecule has 1 N–H and O–H groups in total. The standard InChI is InChI=1S/C19H17NO6/c1-12(26-19(23)15-5-2-13(10-21)3-6-15)18(22)20-9-14-4-7-16-17(8-14)25-11-24-16/h2-8,10,12H,9,11H2,1H3,(H,20,22)/t12-/m0/s1. The number of esters is 1. The Kier molecular flexibility index (Phi) is 5.17. The zero-order valence-corrected chi connectivity index (χ0v) is 14.1. The summed E-state index contributed by atoms with van der Waals surface area (Å²) in [5.41, 5.74) is 1.56. The van der Waals surface area contributed by atoms with E-state index >= 15 is 0 Å². The molecule has 0 radical (unpaired) electrons. The molecule has 134 valence electrons. The minimum absolute atomic E-state index is 0.186. The van der Waals surface area contributed by atoms with E-state index < -0.39 is 18.0 Å². The number of carbonyl (C=O) groups is 3. The number of amides is 1. The van der Waals surface area contributed by atoms with Crippen molar-refractivity contribution >= 4 is 18.2 Å². The molecule has 26 heavy (non-hydrogen) atoms. The molecule has 0 saturated heterocycles. The molecular formula is C19H17NO6. The first kappa shape index (κ1) is 17.5. The van der Waals surface area contributed by atoms with Gasteiger partial charge in [0.15, 0.2) is 17.6 Å². The lowest BCUT2D eigenvalue weighted by atomic mass is 10.1. The minimum Gasteiger partial charge on any atom is -0.454 e. The summed E-state index contributed by atoms with van der Waals surface area (Å²) >= 11 is 0. The van der Waals surface area contributed by atoms with Gasteiger partial charge in [0.05, 0.1) is 5.56 Å². The number of ether oxygens (including phenoxy) is 3. The van der Waals surface area contributed by atoms with Gasteiger partial charge in [-0.1, -0.05) is 18.2 Å².